The molecule has 0 radical (unpaired) electrons. The van der Waals surface area contributed by atoms with Gasteiger partial charge in [0, 0.05) is 0 Å². The lowest BCUT2D eigenvalue weighted by Gasteiger charge is -2.09. The molecule has 0 saturated carbocycles. The minimum absolute atomic E-state index is 0.120. The molecular formula is C16H15FN2O2. The third-order valence-corrected chi connectivity index (χ3v) is 3.27. The summed E-state index contributed by atoms with van der Waals surface area (Å²) in [4.78, 5) is 4.38. The Kier molecular flexibility index (Phi) is 3.83. The third-order valence-electron chi connectivity index (χ3n) is 3.27. The van der Waals surface area contributed by atoms with Gasteiger partial charge < -0.3 is 14.4 Å². The van der Waals surface area contributed by atoms with Crippen molar-refractivity contribution in [1.82, 2.24) is 9.55 Å². The van der Waals surface area contributed by atoms with Gasteiger partial charge in [-0.15, -0.1) is 0 Å². The van der Waals surface area contributed by atoms with Crippen LogP contribution in [0.15, 0.2) is 48.5 Å². The molecule has 5 heteroatoms. The second kappa shape index (κ2) is 5.93. The summed E-state index contributed by atoms with van der Waals surface area (Å²) in [5, 5.41) is 9.40. The highest BCUT2D eigenvalue weighted by Crippen LogP contribution is 2.16. The summed E-state index contributed by atoms with van der Waals surface area (Å²) in [5.74, 6) is 0.941. The van der Waals surface area contributed by atoms with Gasteiger partial charge in [0.1, 0.15) is 30.6 Å². The van der Waals surface area contributed by atoms with Crippen molar-refractivity contribution in [2.75, 3.05) is 6.61 Å². The van der Waals surface area contributed by atoms with E-state index >= 15 is 0 Å². The first-order valence-corrected chi connectivity index (χ1v) is 6.71. The minimum atomic E-state index is -0.287. The van der Waals surface area contributed by atoms with Gasteiger partial charge in [0.15, 0.2) is 0 Å². The Bertz CT molecular complexity index is 738. The van der Waals surface area contributed by atoms with Gasteiger partial charge in [-0.05, 0) is 36.4 Å². The number of ether oxygens (including phenoxy) is 1. The first-order valence-electron chi connectivity index (χ1n) is 6.71. The number of nitrogens with zero attached hydrogens (tertiary/aromatic N) is 2. The Hall–Kier alpha value is -2.40. The van der Waals surface area contributed by atoms with Crippen LogP contribution in [-0.4, -0.2) is 21.3 Å². The van der Waals surface area contributed by atoms with Crippen molar-refractivity contribution in [3.8, 4) is 5.75 Å². The molecule has 0 fully saturated rings. The fourth-order valence-corrected chi connectivity index (χ4v) is 2.28. The molecule has 108 valence electrons. The number of aromatic nitrogens is 2. The summed E-state index contributed by atoms with van der Waals surface area (Å²) in [5.41, 5.74) is 1.81. The molecule has 0 saturated heterocycles. The molecule has 0 aliphatic rings. The van der Waals surface area contributed by atoms with E-state index in [9.17, 15) is 9.50 Å². The quantitative estimate of drug-likeness (QED) is 0.784. The van der Waals surface area contributed by atoms with Crippen LogP contribution in [0.2, 0.25) is 0 Å². The lowest BCUT2D eigenvalue weighted by atomic mass is 10.3. The van der Waals surface area contributed by atoms with E-state index in [1.54, 1.807) is 12.1 Å². The number of hydrogen-bond acceptors (Lipinski definition) is 3. The molecule has 0 aliphatic carbocycles. The van der Waals surface area contributed by atoms with Gasteiger partial charge in [-0.25, -0.2) is 9.37 Å². The Morgan fingerprint density at radius 3 is 2.62 bits per heavy atom. The molecule has 3 aromatic rings. The van der Waals surface area contributed by atoms with Gasteiger partial charge in [0.2, 0.25) is 0 Å². The van der Waals surface area contributed by atoms with Crippen molar-refractivity contribution in [3.05, 3.63) is 60.2 Å². The van der Waals surface area contributed by atoms with Crippen LogP contribution in [0.5, 0.6) is 5.75 Å². The summed E-state index contributed by atoms with van der Waals surface area (Å²) in [6.07, 6.45) is 0. The van der Waals surface area contributed by atoms with E-state index in [4.69, 9.17) is 4.74 Å². The number of hydrogen-bond donors (Lipinski definition) is 1. The number of halogens is 1. The molecule has 4 nitrogen and oxygen atoms in total. The van der Waals surface area contributed by atoms with Crippen LogP contribution in [-0.2, 0) is 13.2 Å². The van der Waals surface area contributed by atoms with Gasteiger partial charge in [0.05, 0.1) is 17.6 Å². The fraction of sp³-hybridized carbons (Fsp3) is 0.188. The van der Waals surface area contributed by atoms with Crippen molar-refractivity contribution in [1.29, 1.82) is 0 Å². The molecule has 2 aromatic carbocycles. The van der Waals surface area contributed by atoms with E-state index in [1.165, 1.54) is 12.1 Å². The average Bonchev–Trinajstić information content (AvgIpc) is 2.87. The highest BCUT2D eigenvalue weighted by molar-refractivity contribution is 5.75. The van der Waals surface area contributed by atoms with E-state index in [0.717, 1.165) is 11.0 Å². The lowest BCUT2D eigenvalue weighted by Crippen LogP contribution is -2.11. The predicted molar refractivity (Wildman–Crippen MR) is 77.6 cm³/mol. The maximum absolute atomic E-state index is 12.8. The zero-order valence-corrected chi connectivity index (χ0v) is 11.4. The number of rotatable bonds is 5. The van der Waals surface area contributed by atoms with Crippen LogP contribution in [0.25, 0.3) is 11.0 Å². The largest absolute Gasteiger partial charge is 0.492 e. The SMILES string of the molecule is OCc1nc2ccccc2n1CCOc1ccc(F)cc1. The zero-order valence-electron chi connectivity index (χ0n) is 11.4. The molecule has 0 spiro atoms. The maximum Gasteiger partial charge on any atom is 0.135 e. The van der Waals surface area contributed by atoms with Crippen LogP contribution in [0, 0.1) is 5.82 Å². The van der Waals surface area contributed by atoms with Crippen LogP contribution in [0.3, 0.4) is 0 Å². The number of para-hydroxylation sites is 2. The molecular weight excluding hydrogens is 271 g/mol. The normalized spacial score (nSPS) is 11.0. The summed E-state index contributed by atoms with van der Waals surface area (Å²) in [6.45, 7) is 0.859. The number of aliphatic hydroxyl groups is 1. The summed E-state index contributed by atoms with van der Waals surface area (Å²) < 4.78 is 20.3. The van der Waals surface area contributed by atoms with E-state index < -0.39 is 0 Å². The van der Waals surface area contributed by atoms with Crippen LogP contribution >= 0.6 is 0 Å². The van der Waals surface area contributed by atoms with Crippen molar-refractivity contribution < 1.29 is 14.2 Å². The topological polar surface area (TPSA) is 47.3 Å². The zero-order chi connectivity index (χ0) is 14.7. The molecule has 21 heavy (non-hydrogen) atoms. The number of fused-ring (bicyclic) bond motifs is 1. The Labute approximate surface area is 121 Å². The molecule has 0 aliphatic heterocycles. The Morgan fingerprint density at radius 1 is 1.10 bits per heavy atom. The Morgan fingerprint density at radius 2 is 1.86 bits per heavy atom. The number of imidazole rings is 1. The predicted octanol–water partition coefficient (Wildman–Crippen LogP) is 2.75. The molecule has 1 aromatic heterocycles. The third kappa shape index (κ3) is 2.87. The van der Waals surface area contributed by atoms with Gasteiger partial charge >= 0.3 is 0 Å². The van der Waals surface area contributed by atoms with Crippen LogP contribution in [0.1, 0.15) is 5.82 Å². The molecule has 0 unspecified atom stereocenters. The van der Waals surface area contributed by atoms with Crippen molar-refractivity contribution >= 4 is 11.0 Å². The van der Waals surface area contributed by atoms with Crippen molar-refractivity contribution in [2.24, 2.45) is 0 Å². The second-order valence-corrected chi connectivity index (χ2v) is 4.63. The van der Waals surface area contributed by atoms with E-state index in [-0.39, 0.29) is 12.4 Å². The van der Waals surface area contributed by atoms with Crippen LogP contribution < -0.4 is 4.74 Å². The average molecular weight is 286 g/mol. The summed E-state index contributed by atoms with van der Waals surface area (Å²) in [7, 11) is 0. The van der Waals surface area contributed by atoms with E-state index in [0.29, 0.717) is 24.7 Å². The molecule has 0 amide bonds. The molecule has 0 atom stereocenters. The summed E-state index contributed by atoms with van der Waals surface area (Å²) >= 11 is 0. The highest BCUT2D eigenvalue weighted by atomic mass is 19.1. The maximum atomic E-state index is 12.8. The first-order chi connectivity index (χ1) is 10.3. The van der Waals surface area contributed by atoms with Crippen molar-refractivity contribution in [3.63, 3.8) is 0 Å². The number of benzene rings is 2. The molecule has 3 rings (SSSR count). The van der Waals surface area contributed by atoms with Crippen molar-refractivity contribution in [2.45, 2.75) is 13.2 Å². The van der Waals surface area contributed by atoms with Gasteiger partial charge in [-0.1, -0.05) is 12.1 Å². The second-order valence-electron chi connectivity index (χ2n) is 4.63. The minimum Gasteiger partial charge on any atom is -0.492 e. The van der Waals surface area contributed by atoms with E-state index in [1.807, 2.05) is 28.8 Å². The van der Waals surface area contributed by atoms with Gasteiger partial charge in [-0.3, -0.25) is 0 Å². The Balaban J connectivity index is 1.74. The monoisotopic (exact) mass is 286 g/mol. The van der Waals surface area contributed by atoms with E-state index in [2.05, 4.69) is 4.98 Å². The fourth-order valence-electron chi connectivity index (χ4n) is 2.28. The smallest absolute Gasteiger partial charge is 0.135 e. The van der Waals surface area contributed by atoms with Gasteiger partial charge in [-0.2, -0.15) is 0 Å². The highest BCUT2D eigenvalue weighted by Gasteiger charge is 2.09. The molecule has 0 bridgehead atoms. The molecule has 1 heterocycles. The lowest BCUT2D eigenvalue weighted by molar-refractivity contribution is 0.255. The number of aliphatic hydroxyl groups excluding tert-OH is 1. The first kappa shape index (κ1) is 13.6. The van der Waals surface area contributed by atoms with Crippen LogP contribution in [0.4, 0.5) is 4.39 Å². The summed E-state index contributed by atoms with van der Waals surface area (Å²) in [6, 6.07) is 13.6. The molecule has 1 N–H and O–H groups in total. The van der Waals surface area contributed by atoms with Gasteiger partial charge in [0.25, 0.3) is 0 Å². The standard InChI is InChI=1S/C16H15FN2O2/c17-12-5-7-13(8-6-12)21-10-9-19-15-4-2-1-3-14(15)18-16(19)11-20/h1-8,20H,9-11H2.